The van der Waals surface area contributed by atoms with Gasteiger partial charge in [0.15, 0.2) is 15.7 Å². The molecule has 0 aromatic carbocycles. The van der Waals surface area contributed by atoms with Gasteiger partial charge in [-0.25, -0.2) is 8.42 Å². The maximum absolute atomic E-state index is 11.7. The van der Waals surface area contributed by atoms with E-state index in [0.29, 0.717) is 24.7 Å². The highest BCUT2D eigenvalue weighted by atomic mass is 32.2. The van der Waals surface area contributed by atoms with E-state index in [9.17, 15) is 8.42 Å². The Labute approximate surface area is 148 Å². The van der Waals surface area contributed by atoms with Gasteiger partial charge in [-0.3, -0.25) is 4.90 Å². The predicted molar refractivity (Wildman–Crippen MR) is 95.7 cm³/mol. The summed E-state index contributed by atoms with van der Waals surface area (Å²) in [6, 6.07) is -0.0691. The molecule has 9 nitrogen and oxygen atoms in total. The summed E-state index contributed by atoms with van der Waals surface area (Å²) >= 11 is 0. The van der Waals surface area contributed by atoms with Crippen molar-refractivity contribution < 1.29 is 13.2 Å². The van der Waals surface area contributed by atoms with E-state index in [1.807, 2.05) is 11.8 Å². The van der Waals surface area contributed by atoms with Crippen LogP contribution in [0.4, 0.5) is 11.8 Å². The molecule has 2 aliphatic rings. The molecule has 0 spiro atoms. The van der Waals surface area contributed by atoms with Crippen LogP contribution >= 0.6 is 0 Å². The number of hydrogen-bond donors (Lipinski definition) is 1. The van der Waals surface area contributed by atoms with Gasteiger partial charge >= 0.3 is 0 Å². The van der Waals surface area contributed by atoms with E-state index < -0.39 is 9.84 Å². The third-order valence-electron chi connectivity index (χ3n) is 4.63. The van der Waals surface area contributed by atoms with E-state index in [1.54, 1.807) is 6.20 Å². The number of aromatic nitrogens is 3. The molecule has 3 heterocycles. The standard InChI is InChI=1S/C15H26N6O3S/c1-2-21(13-3-10-25(22,23)12-13)15-18-14(11-17-19-15)16-4-5-20-6-8-24-9-7-20/h11,13H,2-10,12H2,1H3,(H,16,18,19). The number of nitrogens with zero attached hydrogens (tertiary/aromatic N) is 5. The lowest BCUT2D eigenvalue weighted by molar-refractivity contribution is 0.0398. The molecule has 0 amide bonds. The summed E-state index contributed by atoms with van der Waals surface area (Å²) in [5.74, 6) is 1.55. The molecule has 2 saturated heterocycles. The minimum atomic E-state index is -2.94. The fourth-order valence-electron chi connectivity index (χ4n) is 3.25. The van der Waals surface area contributed by atoms with Gasteiger partial charge in [-0.15, -0.1) is 5.10 Å². The van der Waals surface area contributed by atoms with Crippen LogP contribution in [0.2, 0.25) is 0 Å². The Bertz CT molecular complexity index is 665. The molecule has 0 aliphatic carbocycles. The maximum Gasteiger partial charge on any atom is 0.247 e. The number of ether oxygens (including phenoxy) is 1. The first kappa shape index (κ1) is 18.3. The van der Waals surface area contributed by atoms with Crippen molar-refractivity contribution in [1.29, 1.82) is 0 Å². The van der Waals surface area contributed by atoms with Gasteiger partial charge in [0.25, 0.3) is 0 Å². The van der Waals surface area contributed by atoms with Crippen LogP contribution in [0.3, 0.4) is 0 Å². The third-order valence-corrected chi connectivity index (χ3v) is 6.38. The van der Waals surface area contributed by atoms with Gasteiger partial charge in [0, 0.05) is 38.8 Å². The second-order valence-corrected chi connectivity index (χ2v) is 8.59. The molecule has 25 heavy (non-hydrogen) atoms. The highest BCUT2D eigenvalue weighted by molar-refractivity contribution is 7.91. The van der Waals surface area contributed by atoms with Crippen molar-refractivity contribution in [2.24, 2.45) is 0 Å². The van der Waals surface area contributed by atoms with Gasteiger partial charge < -0.3 is 15.0 Å². The first-order valence-corrected chi connectivity index (χ1v) is 10.6. The lowest BCUT2D eigenvalue weighted by Crippen LogP contribution is -2.39. The predicted octanol–water partition coefficient (Wildman–Crippen LogP) is -0.371. The number of sulfone groups is 1. The summed E-state index contributed by atoms with van der Waals surface area (Å²) in [5, 5.41) is 11.4. The van der Waals surface area contributed by atoms with E-state index in [4.69, 9.17) is 4.74 Å². The topological polar surface area (TPSA) is 101 Å². The highest BCUT2D eigenvalue weighted by Gasteiger charge is 2.33. The van der Waals surface area contributed by atoms with Crippen molar-refractivity contribution >= 4 is 21.6 Å². The highest BCUT2D eigenvalue weighted by Crippen LogP contribution is 2.21. The number of nitrogens with one attached hydrogen (secondary N) is 1. The van der Waals surface area contributed by atoms with Crippen molar-refractivity contribution in [3.8, 4) is 0 Å². The van der Waals surface area contributed by atoms with E-state index in [0.717, 1.165) is 39.4 Å². The number of hydrogen-bond acceptors (Lipinski definition) is 9. The van der Waals surface area contributed by atoms with Crippen LogP contribution in [0.15, 0.2) is 6.20 Å². The number of rotatable bonds is 7. The fraction of sp³-hybridized carbons (Fsp3) is 0.800. The van der Waals surface area contributed by atoms with E-state index in [1.165, 1.54) is 0 Å². The molecule has 0 bridgehead atoms. The molecule has 1 unspecified atom stereocenters. The molecule has 3 rings (SSSR count). The molecule has 140 valence electrons. The zero-order valence-electron chi connectivity index (χ0n) is 14.6. The second-order valence-electron chi connectivity index (χ2n) is 6.37. The average molecular weight is 370 g/mol. The van der Waals surface area contributed by atoms with Gasteiger partial charge in [-0.1, -0.05) is 0 Å². The van der Waals surface area contributed by atoms with Crippen molar-refractivity contribution in [1.82, 2.24) is 20.1 Å². The first-order chi connectivity index (χ1) is 12.1. The lowest BCUT2D eigenvalue weighted by Gasteiger charge is -2.27. The Hall–Kier alpha value is -1.52. The second kappa shape index (κ2) is 8.24. The molecular weight excluding hydrogens is 344 g/mol. The van der Waals surface area contributed by atoms with E-state index >= 15 is 0 Å². The van der Waals surface area contributed by atoms with Crippen molar-refractivity contribution in [3.63, 3.8) is 0 Å². The zero-order valence-corrected chi connectivity index (χ0v) is 15.4. The molecule has 1 aromatic rings. The van der Waals surface area contributed by atoms with Crippen molar-refractivity contribution in [3.05, 3.63) is 6.20 Å². The van der Waals surface area contributed by atoms with Crippen LogP contribution in [0.1, 0.15) is 13.3 Å². The summed E-state index contributed by atoms with van der Waals surface area (Å²) in [7, 11) is -2.94. The third kappa shape index (κ3) is 4.99. The Morgan fingerprint density at radius 1 is 1.40 bits per heavy atom. The van der Waals surface area contributed by atoms with Gasteiger partial charge in [-0.05, 0) is 13.3 Å². The van der Waals surface area contributed by atoms with E-state index in [-0.39, 0.29) is 17.5 Å². The van der Waals surface area contributed by atoms with Crippen LogP contribution in [-0.4, -0.2) is 92.0 Å². The molecule has 0 radical (unpaired) electrons. The summed E-state index contributed by atoms with van der Waals surface area (Å²) in [5.41, 5.74) is 0. The smallest absolute Gasteiger partial charge is 0.247 e. The van der Waals surface area contributed by atoms with E-state index in [2.05, 4.69) is 25.4 Å². The Morgan fingerprint density at radius 2 is 2.20 bits per heavy atom. The molecule has 2 aliphatic heterocycles. The molecular formula is C15H26N6O3S. The summed E-state index contributed by atoms with van der Waals surface area (Å²) in [6.07, 6.45) is 2.22. The van der Waals surface area contributed by atoms with Gasteiger partial charge in [0.2, 0.25) is 5.95 Å². The van der Waals surface area contributed by atoms with Crippen LogP contribution in [0.25, 0.3) is 0 Å². The Kier molecular flexibility index (Phi) is 6.02. The molecule has 1 atom stereocenters. The van der Waals surface area contributed by atoms with Gasteiger partial charge in [0.1, 0.15) is 0 Å². The number of anilines is 2. The van der Waals surface area contributed by atoms with Crippen LogP contribution < -0.4 is 10.2 Å². The summed E-state index contributed by atoms with van der Waals surface area (Å²) < 4.78 is 28.8. The molecule has 10 heteroatoms. The Balaban J connectivity index is 1.58. The van der Waals surface area contributed by atoms with Crippen LogP contribution in [0, 0.1) is 0 Å². The average Bonchev–Trinajstić information content (AvgIpc) is 2.97. The fourth-order valence-corrected chi connectivity index (χ4v) is 4.98. The maximum atomic E-state index is 11.7. The molecule has 1 aromatic heterocycles. The van der Waals surface area contributed by atoms with Gasteiger partial charge in [0.05, 0.1) is 30.9 Å². The molecule has 0 saturated carbocycles. The lowest BCUT2D eigenvalue weighted by atomic mass is 10.2. The minimum absolute atomic E-state index is 0.0691. The summed E-state index contributed by atoms with van der Waals surface area (Å²) in [4.78, 5) is 8.80. The summed E-state index contributed by atoms with van der Waals surface area (Å²) in [6.45, 7) is 7.79. The normalized spacial score (nSPS) is 23.5. The quantitative estimate of drug-likeness (QED) is 0.689. The SMILES string of the molecule is CCN(c1nncc(NCCN2CCOCC2)n1)C1CCS(=O)(=O)C1. The van der Waals surface area contributed by atoms with Crippen LogP contribution in [0.5, 0.6) is 0 Å². The Morgan fingerprint density at radius 3 is 2.88 bits per heavy atom. The zero-order chi connectivity index (χ0) is 17.7. The first-order valence-electron chi connectivity index (χ1n) is 8.78. The van der Waals surface area contributed by atoms with Crippen LogP contribution in [-0.2, 0) is 14.6 Å². The molecule has 1 N–H and O–H groups in total. The number of morpholine rings is 1. The minimum Gasteiger partial charge on any atom is -0.379 e. The monoisotopic (exact) mass is 370 g/mol. The largest absolute Gasteiger partial charge is 0.379 e. The molecule has 2 fully saturated rings. The van der Waals surface area contributed by atoms with Gasteiger partial charge in [-0.2, -0.15) is 10.1 Å². The van der Waals surface area contributed by atoms with Crippen molar-refractivity contribution in [2.45, 2.75) is 19.4 Å². The van der Waals surface area contributed by atoms with Crippen molar-refractivity contribution in [2.75, 3.05) is 67.7 Å².